The minimum Gasteiger partial charge on any atom is -0.345 e. The van der Waals surface area contributed by atoms with E-state index < -0.39 is 5.92 Å². The largest absolute Gasteiger partial charge is 0.345 e. The molecule has 1 aliphatic heterocycles. The predicted octanol–water partition coefficient (Wildman–Crippen LogP) is 3.14. The van der Waals surface area contributed by atoms with Crippen molar-refractivity contribution in [3.05, 3.63) is 58.6 Å². The Labute approximate surface area is 166 Å². The van der Waals surface area contributed by atoms with Crippen molar-refractivity contribution in [1.29, 1.82) is 0 Å². The Balaban J connectivity index is 1.66. The monoisotopic (exact) mass is 429 g/mol. The van der Waals surface area contributed by atoms with E-state index in [0.717, 1.165) is 10.2 Å². The number of benzene rings is 2. The third-order valence-corrected chi connectivity index (χ3v) is 5.12. The van der Waals surface area contributed by atoms with Crippen LogP contribution in [0, 0.1) is 5.92 Å². The molecule has 0 aromatic heterocycles. The first kappa shape index (κ1) is 19.1. The van der Waals surface area contributed by atoms with Crippen LogP contribution in [0.1, 0.15) is 16.8 Å². The van der Waals surface area contributed by atoms with Crippen LogP contribution >= 0.6 is 15.9 Å². The van der Waals surface area contributed by atoms with Crippen molar-refractivity contribution >= 4 is 45.0 Å². The van der Waals surface area contributed by atoms with Crippen molar-refractivity contribution in [3.63, 3.8) is 0 Å². The number of para-hydroxylation sites is 1. The van der Waals surface area contributed by atoms with Gasteiger partial charge in [0.05, 0.1) is 11.6 Å². The highest BCUT2D eigenvalue weighted by Crippen LogP contribution is 2.31. The number of nitrogens with one attached hydrogen (secondary N) is 1. The molecule has 0 bridgehead atoms. The summed E-state index contributed by atoms with van der Waals surface area (Å²) >= 11 is 3.45. The summed E-state index contributed by atoms with van der Waals surface area (Å²) < 4.78 is 0.820. The number of amides is 3. The molecule has 0 aliphatic carbocycles. The zero-order valence-electron chi connectivity index (χ0n) is 15.1. The number of anilines is 2. The summed E-state index contributed by atoms with van der Waals surface area (Å²) in [6.07, 6.45) is 0.171. The molecule has 1 saturated heterocycles. The molecule has 3 amide bonds. The third kappa shape index (κ3) is 4.19. The van der Waals surface area contributed by atoms with E-state index >= 15 is 0 Å². The summed E-state index contributed by atoms with van der Waals surface area (Å²) in [5.74, 6) is -0.801. The van der Waals surface area contributed by atoms with Crippen molar-refractivity contribution in [1.82, 2.24) is 4.90 Å². The fourth-order valence-corrected chi connectivity index (χ4v) is 3.48. The molecule has 0 saturated carbocycles. The molecule has 0 radical (unpaired) electrons. The molecule has 2 aromatic rings. The van der Waals surface area contributed by atoms with Crippen LogP contribution in [0.15, 0.2) is 53.0 Å². The fraction of sp³-hybridized carbons (Fsp3) is 0.250. The van der Waals surface area contributed by atoms with E-state index in [1.807, 2.05) is 24.3 Å². The average Bonchev–Trinajstić information content (AvgIpc) is 3.04. The number of rotatable bonds is 4. The first-order chi connectivity index (χ1) is 12.9. The van der Waals surface area contributed by atoms with Crippen LogP contribution in [0.3, 0.4) is 0 Å². The molecule has 1 atom stereocenters. The molecule has 6 nitrogen and oxygen atoms in total. The summed E-state index contributed by atoms with van der Waals surface area (Å²) in [5, 5.41) is 2.83. The molecule has 0 spiro atoms. The van der Waals surface area contributed by atoms with E-state index in [4.69, 9.17) is 0 Å². The molecule has 140 valence electrons. The minimum absolute atomic E-state index is 0.0750. The molecule has 0 unspecified atom stereocenters. The maximum atomic E-state index is 12.6. The maximum absolute atomic E-state index is 12.6. The van der Waals surface area contributed by atoms with Gasteiger partial charge in [-0.15, -0.1) is 0 Å². The zero-order valence-corrected chi connectivity index (χ0v) is 16.7. The lowest BCUT2D eigenvalue weighted by Crippen LogP contribution is -2.28. The molecule has 7 heteroatoms. The first-order valence-corrected chi connectivity index (χ1v) is 9.33. The highest BCUT2D eigenvalue weighted by molar-refractivity contribution is 9.10. The topological polar surface area (TPSA) is 69.7 Å². The number of carbonyl (C=O) groups is 3. The van der Waals surface area contributed by atoms with Crippen LogP contribution in [0.4, 0.5) is 11.4 Å². The Kier molecular flexibility index (Phi) is 5.60. The van der Waals surface area contributed by atoms with Gasteiger partial charge in [-0.1, -0.05) is 12.1 Å². The predicted molar refractivity (Wildman–Crippen MR) is 108 cm³/mol. The van der Waals surface area contributed by atoms with E-state index in [1.165, 1.54) is 4.90 Å². The van der Waals surface area contributed by atoms with Crippen molar-refractivity contribution in [2.75, 3.05) is 30.9 Å². The van der Waals surface area contributed by atoms with Crippen molar-refractivity contribution in [3.8, 4) is 0 Å². The van der Waals surface area contributed by atoms with E-state index in [2.05, 4.69) is 21.2 Å². The quantitative estimate of drug-likeness (QED) is 0.811. The highest BCUT2D eigenvalue weighted by Gasteiger charge is 2.35. The number of halogens is 1. The molecule has 27 heavy (non-hydrogen) atoms. The standard InChI is InChI=1S/C20H20BrN3O3/c1-23(2)20(27)13-7-9-15(10-8-13)22-19(26)14-11-18(25)24(12-14)17-6-4-3-5-16(17)21/h3-10,14H,11-12H2,1-2H3,(H,22,26)/t14-/m1/s1. The van der Waals surface area contributed by atoms with E-state index in [9.17, 15) is 14.4 Å². The number of hydrogen-bond donors (Lipinski definition) is 1. The second-order valence-electron chi connectivity index (χ2n) is 6.62. The summed E-state index contributed by atoms with van der Waals surface area (Å²) in [6.45, 7) is 0.338. The highest BCUT2D eigenvalue weighted by atomic mass is 79.9. The van der Waals surface area contributed by atoms with Crippen LogP contribution in [0.5, 0.6) is 0 Å². The number of hydrogen-bond acceptors (Lipinski definition) is 3. The van der Waals surface area contributed by atoms with Gasteiger partial charge in [0, 0.05) is 42.8 Å². The van der Waals surface area contributed by atoms with Gasteiger partial charge >= 0.3 is 0 Å². The Hall–Kier alpha value is -2.67. The normalized spacial score (nSPS) is 16.3. The Morgan fingerprint density at radius 2 is 1.78 bits per heavy atom. The lowest BCUT2D eigenvalue weighted by molar-refractivity contribution is -0.122. The molecular formula is C20H20BrN3O3. The van der Waals surface area contributed by atoms with Gasteiger partial charge in [0.15, 0.2) is 0 Å². The van der Waals surface area contributed by atoms with Crippen LogP contribution in [0.2, 0.25) is 0 Å². The fourth-order valence-electron chi connectivity index (χ4n) is 2.99. The summed E-state index contributed by atoms with van der Waals surface area (Å²) in [5.41, 5.74) is 1.92. The van der Waals surface area contributed by atoms with Gasteiger partial charge in [0.25, 0.3) is 5.91 Å². The van der Waals surface area contributed by atoms with Gasteiger partial charge in [-0.3, -0.25) is 14.4 Å². The van der Waals surface area contributed by atoms with Crippen LogP contribution in [-0.2, 0) is 9.59 Å². The van der Waals surface area contributed by atoms with Gasteiger partial charge in [0.1, 0.15) is 0 Å². The lowest BCUT2D eigenvalue weighted by atomic mass is 10.1. The maximum Gasteiger partial charge on any atom is 0.253 e. The van der Waals surface area contributed by atoms with Crippen molar-refractivity contribution in [2.45, 2.75) is 6.42 Å². The lowest BCUT2D eigenvalue weighted by Gasteiger charge is -2.18. The van der Waals surface area contributed by atoms with Crippen molar-refractivity contribution in [2.24, 2.45) is 5.92 Å². The smallest absolute Gasteiger partial charge is 0.253 e. The van der Waals surface area contributed by atoms with E-state index in [1.54, 1.807) is 43.3 Å². The summed E-state index contributed by atoms with van der Waals surface area (Å²) in [4.78, 5) is 40.0. The molecular weight excluding hydrogens is 410 g/mol. The average molecular weight is 430 g/mol. The Morgan fingerprint density at radius 1 is 1.11 bits per heavy atom. The van der Waals surface area contributed by atoms with E-state index in [0.29, 0.717) is 17.8 Å². The molecule has 1 heterocycles. The van der Waals surface area contributed by atoms with Crippen molar-refractivity contribution < 1.29 is 14.4 Å². The van der Waals surface area contributed by atoms with Gasteiger partial charge in [-0.2, -0.15) is 0 Å². The second kappa shape index (κ2) is 7.92. The number of carbonyl (C=O) groups excluding carboxylic acids is 3. The first-order valence-electron chi connectivity index (χ1n) is 8.54. The summed E-state index contributed by atoms with van der Waals surface area (Å²) in [7, 11) is 3.37. The third-order valence-electron chi connectivity index (χ3n) is 4.44. The van der Waals surface area contributed by atoms with Gasteiger partial charge < -0.3 is 15.1 Å². The number of nitrogens with zero attached hydrogens (tertiary/aromatic N) is 2. The molecule has 1 N–H and O–H groups in total. The minimum atomic E-state index is -0.423. The van der Waals surface area contributed by atoms with Gasteiger partial charge in [0.2, 0.25) is 11.8 Å². The molecule has 3 rings (SSSR count). The Bertz CT molecular complexity index is 880. The van der Waals surface area contributed by atoms with Gasteiger partial charge in [-0.05, 0) is 52.3 Å². The molecule has 1 fully saturated rings. The second-order valence-corrected chi connectivity index (χ2v) is 7.48. The SMILES string of the molecule is CN(C)C(=O)c1ccc(NC(=O)[C@@H]2CC(=O)N(c3ccccc3Br)C2)cc1. The van der Waals surface area contributed by atoms with Crippen LogP contribution in [-0.4, -0.2) is 43.3 Å². The summed E-state index contributed by atoms with van der Waals surface area (Å²) in [6, 6.07) is 14.2. The van der Waals surface area contributed by atoms with E-state index in [-0.39, 0.29) is 24.1 Å². The van der Waals surface area contributed by atoms with Crippen LogP contribution < -0.4 is 10.2 Å². The zero-order chi connectivity index (χ0) is 19.6. The molecule has 1 aliphatic rings. The molecule has 2 aromatic carbocycles. The van der Waals surface area contributed by atoms with Gasteiger partial charge in [-0.25, -0.2) is 0 Å². The Morgan fingerprint density at radius 3 is 2.41 bits per heavy atom. The van der Waals surface area contributed by atoms with Crippen LogP contribution in [0.25, 0.3) is 0 Å².